The number of aliphatic hydroxyl groups is 1. The van der Waals surface area contributed by atoms with Crippen LogP contribution in [0.1, 0.15) is 12.0 Å². The van der Waals surface area contributed by atoms with Crippen LogP contribution in [0.4, 0.5) is 0 Å². The van der Waals surface area contributed by atoms with Crippen LogP contribution in [0.15, 0.2) is 22.7 Å². The second-order valence-electron chi connectivity index (χ2n) is 4.53. The van der Waals surface area contributed by atoms with Crippen LogP contribution in [0.3, 0.4) is 0 Å². The Kier molecular flexibility index (Phi) is 4.42. The molecular weight excluding hydrogens is 282 g/mol. The maximum absolute atomic E-state index is 9.14. The molecule has 1 aromatic carbocycles. The van der Waals surface area contributed by atoms with Crippen LogP contribution in [0.2, 0.25) is 0 Å². The average Bonchev–Trinajstić information content (AvgIpc) is 2.77. The number of likely N-dealkylation sites (tertiary alicyclic amines) is 1. The number of halogens is 1. The zero-order valence-corrected chi connectivity index (χ0v) is 11.6. The highest BCUT2D eigenvalue weighted by Gasteiger charge is 2.22. The molecular formula is C13H18BrNO2. The van der Waals surface area contributed by atoms with E-state index in [4.69, 9.17) is 9.84 Å². The molecule has 3 nitrogen and oxygen atoms in total. The monoisotopic (exact) mass is 299 g/mol. The highest BCUT2D eigenvalue weighted by Crippen LogP contribution is 2.26. The molecule has 0 unspecified atom stereocenters. The van der Waals surface area contributed by atoms with Crippen molar-refractivity contribution >= 4 is 15.9 Å². The molecule has 17 heavy (non-hydrogen) atoms. The normalized spacial score (nSPS) is 20.8. The largest absolute Gasteiger partial charge is 0.496 e. The Balaban J connectivity index is 2.05. The van der Waals surface area contributed by atoms with Crippen molar-refractivity contribution in [1.29, 1.82) is 0 Å². The van der Waals surface area contributed by atoms with E-state index in [2.05, 4.69) is 26.9 Å². The van der Waals surface area contributed by atoms with Gasteiger partial charge >= 0.3 is 0 Å². The second-order valence-corrected chi connectivity index (χ2v) is 5.44. The van der Waals surface area contributed by atoms with E-state index in [9.17, 15) is 0 Å². The van der Waals surface area contributed by atoms with E-state index < -0.39 is 0 Å². The number of nitrogens with zero attached hydrogens (tertiary/aromatic N) is 1. The first-order valence-electron chi connectivity index (χ1n) is 5.88. The Hall–Kier alpha value is -0.580. The van der Waals surface area contributed by atoms with Gasteiger partial charge in [0.15, 0.2) is 0 Å². The lowest BCUT2D eigenvalue weighted by atomic mass is 10.1. The van der Waals surface area contributed by atoms with Gasteiger partial charge in [-0.05, 0) is 37.1 Å². The van der Waals surface area contributed by atoms with E-state index in [0.29, 0.717) is 12.5 Å². The van der Waals surface area contributed by atoms with Crippen molar-refractivity contribution in [2.45, 2.75) is 13.0 Å². The number of hydrogen-bond donors (Lipinski definition) is 1. The summed E-state index contributed by atoms with van der Waals surface area (Å²) in [6, 6.07) is 6.08. The average molecular weight is 300 g/mol. The first-order valence-corrected chi connectivity index (χ1v) is 6.68. The molecule has 0 bridgehead atoms. The standard InChI is InChI=1S/C13H18BrNO2/c1-17-13-3-2-12(14)6-11(13)8-15-5-4-10(7-15)9-16/h2-3,6,10,16H,4-5,7-9H2,1H3/t10-/m0/s1. The molecule has 94 valence electrons. The molecule has 1 aliphatic rings. The molecule has 1 saturated heterocycles. The molecule has 0 aromatic heterocycles. The molecule has 1 aliphatic heterocycles. The van der Waals surface area contributed by atoms with E-state index >= 15 is 0 Å². The van der Waals surface area contributed by atoms with Crippen LogP contribution in [-0.2, 0) is 6.54 Å². The van der Waals surface area contributed by atoms with E-state index in [0.717, 1.165) is 36.3 Å². The Morgan fingerprint density at radius 1 is 1.53 bits per heavy atom. The fraction of sp³-hybridized carbons (Fsp3) is 0.538. The molecule has 0 radical (unpaired) electrons. The van der Waals surface area contributed by atoms with Crippen LogP contribution in [0.25, 0.3) is 0 Å². The summed E-state index contributed by atoms with van der Waals surface area (Å²) in [5, 5.41) is 9.14. The van der Waals surface area contributed by atoms with Gasteiger partial charge in [-0.1, -0.05) is 15.9 Å². The molecule has 1 aromatic rings. The number of methoxy groups -OCH3 is 1. The third kappa shape index (κ3) is 3.21. The minimum atomic E-state index is 0.298. The number of ether oxygens (including phenoxy) is 1. The quantitative estimate of drug-likeness (QED) is 0.926. The van der Waals surface area contributed by atoms with Gasteiger partial charge in [-0.25, -0.2) is 0 Å². The van der Waals surface area contributed by atoms with Crippen LogP contribution >= 0.6 is 15.9 Å². The number of rotatable bonds is 4. The molecule has 1 atom stereocenters. The topological polar surface area (TPSA) is 32.7 Å². The summed E-state index contributed by atoms with van der Waals surface area (Å²) in [4.78, 5) is 2.37. The lowest BCUT2D eigenvalue weighted by molar-refractivity contribution is 0.219. The van der Waals surface area contributed by atoms with Crippen LogP contribution in [0, 0.1) is 5.92 Å². The van der Waals surface area contributed by atoms with Gasteiger partial charge < -0.3 is 9.84 Å². The summed E-state index contributed by atoms with van der Waals surface area (Å²) in [5.74, 6) is 1.37. The fourth-order valence-corrected chi connectivity index (χ4v) is 2.73. The Labute approximate surface area is 111 Å². The molecule has 1 N–H and O–H groups in total. The molecule has 0 saturated carbocycles. The third-order valence-electron chi connectivity index (χ3n) is 3.26. The second kappa shape index (κ2) is 5.85. The van der Waals surface area contributed by atoms with Crippen molar-refractivity contribution < 1.29 is 9.84 Å². The summed E-state index contributed by atoms with van der Waals surface area (Å²) < 4.78 is 6.44. The van der Waals surface area contributed by atoms with E-state index in [1.54, 1.807) is 7.11 Å². The third-order valence-corrected chi connectivity index (χ3v) is 3.76. The maximum Gasteiger partial charge on any atom is 0.123 e. The van der Waals surface area contributed by atoms with Crippen molar-refractivity contribution in [3.8, 4) is 5.75 Å². The van der Waals surface area contributed by atoms with Crippen LogP contribution < -0.4 is 4.74 Å². The lowest BCUT2D eigenvalue weighted by Gasteiger charge is -2.17. The molecule has 0 spiro atoms. The van der Waals surface area contributed by atoms with Crippen LogP contribution in [-0.4, -0.2) is 36.8 Å². The zero-order chi connectivity index (χ0) is 12.3. The first kappa shape index (κ1) is 12.9. The van der Waals surface area contributed by atoms with Crippen molar-refractivity contribution in [1.82, 2.24) is 4.90 Å². The first-order chi connectivity index (χ1) is 8.22. The summed E-state index contributed by atoms with van der Waals surface area (Å²) in [6.45, 7) is 3.22. The molecule has 0 aliphatic carbocycles. The van der Waals surface area contributed by atoms with Crippen molar-refractivity contribution in [3.63, 3.8) is 0 Å². The van der Waals surface area contributed by atoms with E-state index in [1.807, 2.05) is 12.1 Å². The van der Waals surface area contributed by atoms with Gasteiger partial charge in [0.25, 0.3) is 0 Å². The predicted octanol–water partition coefficient (Wildman–Crippen LogP) is 2.27. The number of aliphatic hydroxyl groups excluding tert-OH is 1. The molecule has 2 rings (SSSR count). The molecule has 1 fully saturated rings. The van der Waals surface area contributed by atoms with Crippen molar-refractivity contribution in [3.05, 3.63) is 28.2 Å². The van der Waals surface area contributed by atoms with Gasteiger partial charge in [0.05, 0.1) is 7.11 Å². The van der Waals surface area contributed by atoms with Crippen LogP contribution in [0.5, 0.6) is 5.75 Å². The van der Waals surface area contributed by atoms with Gasteiger partial charge in [-0.3, -0.25) is 4.90 Å². The minimum absolute atomic E-state index is 0.298. The van der Waals surface area contributed by atoms with Gasteiger partial charge in [0, 0.05) is 29.7 Å². The van der Waals surface area contributed by atoms with E-state index in [-0.39, 0.29) is 0 Å². The minimum Gasteiger partial charge on any atom is -0.496 e. The van der Waals surface area contributed by atoms with Crippen molar-refractivity contribution in [2.24, 2.45) is 5.92 Å². The molecule has 1 heterocycles. The smallest absolute Gasteiger partial charge is 0.123 e. The molecule has 0 amide bonds. The van der Waals surface area contributed by atoms with Gasteiger partial charge in [-0.2, -0.15) is 0 Å². The lowest BCUT2D eigenvalue weighted by Crippen LogP contribution is -2.21. The van der Waals surface area contributed by atoms with E-state index in [1.165, 1.54) is 5.56 Å². The van der Waals surface area contributed by atoms with Crippen molar-refractivity contribution in [2.75, 3.05) is 26.8 Å². The summed E-state index contributed by atoms with van der Waals surface area (Å²) >= 11 is 3.49. The number of hydrogen-bond acceptors (Lipinski definition) is 3. The summed E-state index contributed by atoms with van der Waals surface area (Å²) in [6.07, 6.45) is 1.09. The Morgan fingerprint density at radius 2 is 2.35 bits per heavy atom. The zero-order valence-electron chi connectivity index (χ0n) is 10.0. The van der Waals surface area contributed by atoms with Gasteiger partial charge in [-0.15, -0.1) is 0 Å². The Bertz CT molecular complexity index is 384. The van der Waals surface area contributed by atoms with Gasteiger partial charge in [0.1, 0.15) is 5.75 Å². The fourth-order valence-electron chi connectivity index (χ4n) is 2.32. The van der Waals surface area contributed by atoms with Gasteiger partial charge in [0.2, 0.25) is 0 Å². The Morgan fingerprint density at radius 3 is 3.00 bits per heavy atom. The SMILES string of the molecule is COc1ccc(Br)cc1CN1CC[C@H](CO)C1. The number of benzene rings is 1. The molecule has 4 heteroatoms. The predicted molar refractivity (Wildman–Crippen MR) is 71.2 cm³/mol. The summed E-state index contributed by atoms with van der Waals surface area (Å²) in [7, 11) is 1.70. The summed E-state index contributed by atoms with van der Waals surface area (Å²) in [5.41, 5.74) is 1.19. The highest BCUT2D eigenvalue weighted by atomic mass is 79.9. The highest BCUT2D eigenvalue weighted by molar-refractivity contribution is 9.10. The maximum atomic E-state index is 9.14.